The number of hydrogen-bond donors (Lipinski definition) is 1. The zero-order chi connectivity index (χ0) is 13.5. The van der Waals surface area contributed by atoms with Gasteiger partial charge in [-0.1, -0.05) is 12.8 Å². The molecule has 19 heavy (non-hydrogen) atoms. The minimum atomic E-state index is 0.363. The summed E-state index contributed by atoms with van der Waals surface area (Å²) in [6.07, 6.45) is 11.3. The molecule has 1 saturated carbocycles. The molecule has 2 unspecified atom stereocenters. The van der Waals surface area contributed by atoms with E-state index in [-0.39, 0.29) is 0 Å². The lowest BCUT2D eigenvalue weighted by molar-refractivity contribution is -0.102. The summed E-state index contributed by atoms with van der Waals surface area (Å²) in [5.41, 5.74) is 0. The van der Waals surface area contributed by atoms with Crippen molar-refractivity contribution >= 4 is 0 Å². The Labute approximate surface area is 118 Å². The molecule has 0 aromatic heterocycles. The van der Waals surface area contributed by atoms with Crippen LogP contribution in [0, 0.1) is 0 Å². The van der Waals surface area contributed by atoms with Gasteiger partial charge in [-0.2, -0.15) is 0 Å². The summed E-state index contributed by atoms with van der Waals surface area (Å²) in [6.45, 7) is 6.44. The molecule has 1 aliphatic carbocycles. The van der Waals surface area contributed by atoms with Gasteiger partial charge in [0.05, 0.1) is 18.3 Å². The minimum absolute atomic E-state index is 0.363. The molecule has 2 atom stereocenters. The van der Waals surface area contributed by atoms with Crippen molar-refractivity contribution in [2.24, 2.45) is 0 Å². The first-order valence-electron chi connectivity index (χ1n) is 8.24. The molecule has 0 aromatic rings. The minimum Gasteiger partial charge on any atom is -0.378 e. The third kappa shape index (κ3) is 6.73. The largest absolute Gasteiger partial charge is 0.378 e. The van der Waals surface area contributed by atoms with Crippen molar-refractivity contribution in [3.8, 4) is 0 Å². The summed E-state index contributed by atoms with van der Waals surface area (Å²) < 4.78 is 11.7. The number of ether oxygens (including phenoxy) is 2. The lowest BCUT2D eigenvalue weighted by Gasteiger charge is -2.32. The quantitative estimate of drug-likeness (QED) is 0.652. The maximum atomic E-state index is 5.98. The molecule has 1 heterocycles. The van der Waals surface area contributed by atoms with Gasteiger partial charge in [-0.15, -0.1) is 0 Å². The molecule has 0 aromatic carbocycles. The highest BCUT2D eigenvalue weighted by atomic mass is 16.5. The Bertz CT molecular complexity index is 233. The smallest absolute Gasteiger partial charge is 0.0624 e. The van der Waals surface area contributed by atoms with E-state index in [0.29, 0.717) is 18.3 Å². The van der Waals surface area contributed by atoms with Crippen LogP contribution in [0.1, 0.15) is 65.2 Å². The first kappa shape index (κ1) is 15.3. The fourth-order valence-corrected chi connectivity index (χ4v) is 2.90. The molecule has 0 radical (unpaired) electrons. The van der Waals surface area contributed by atoms with Crippen molar-refractivity contribution < 1.29 is 9.47 Å². The molecular formula is C16H31NO2. The lowest BCUT2D eigenvalue weighted by Crippen LogP contribution is -2.34. The molecule has 1 N–H and O–H groups in total. The van der Waals surface area contributed by atoms with Crippen LogP contribution in [0.3, 0.4) is 0 Å². The van der Waals surface area contributed by atoms with Crippen molar-refractivity contribution in [3.05, 3.63) is 0 Å². The zero-order valence-electron chi connectivity index (χ0n) is 12.7. The number of rotatable bonds is 9. The van der Waals surface area contributed by atoms with E-state index >= 15 is 0 Å². The van der Waals surface area contributed by atoms with Crippen LogP contribution in [0.5, 0.6) is 0 Å². The van der Waals surface area contributed by atoms with Crippen LogP contribution < -0.4 is 5.32 Å². The number of nitrogens with one attached hydrogen (secondary N) is 1. The van der Waals surface area contributed by atoms with Crippen LogP contribution in [0.25, 0.3) is 0 Å². The first-order chi connectivity index (χ1) is 9.24. The molecule has 1 saturated heterocycles. The van der Waals surface area contributed by atoms with E-state index < -0.39 is 0 Å². The molecular weight excluding hydrogens is 238 g/mol. The summed E-state index contributed by atoms with van der Waals surface area (Å²) in [5, 5.41) is 3.56. The van der Waals surface area contributed by atoms with Crippen LogP contribution in [-0.2, 0) is 9.47 Å². The van der Waals surface area contributed by atoms with E-state index in [4.69, 9.17) is 9.47 Å². The third-order valence-electron chi connectivity index (χ3n) is 4.09. The predicted octanol–water partition coefficient (Wildman–Crippen LogP) is 3.27. The molecule has 112 valence electrons. The van der Waals surface area contributed by atoms with Gasteiger partial charge >= 0.3 is 0 Å². The van der Waals surface area contributed by atoms with E-state index in [2.05, 4.69) is 19.2 Å². The van der Waals surface area contributed by atoms with Gasteiger partial charge in [-0.3, -0.25) is 0 Å². The predicted molar refractivity (Wildman–Crippen MR) is 78.5 cm³/mol. The standard InChI is InChI=1S/C16H31NO2/c1-13-11-16(12-14(2)19-13)18-10-6-4-3-5-9-17-15-7-8-15/h13-17H,3-12H2,1-2H3. The van der Waals surface area contributed by atoms with Crippen LogP contribution in [0.4, 0.5) is 0 Å². The van der Waals surface area contributed by atoms with Gasteiger partial charge in [0.25, 0.3) is 0 Å². The maximum absolute atomic E-state index is 5.98. The Balaban J connectivity index is 1.38. The van der Waals surface area contributed by atoms with E-state index in [1.54, 1.807) is 0 Å². The Kier molecular flexibility index (Phi) is 6.62. The second-order valence-electron chi connectivity index (χ2n) is 6.36. The monoisotopic (exact) mass is 269 g/mol. The Morgan fingerprint density at radius 1 is 1.00 bits per heavy atom. The van der Waals surface area contributed by atoms with Gasteiger partial charge < -0.3 is 14.8 Å². The summed E-state index contributed by atoms with van der Waals surface area (Å²) in [7, 11) is 0. The van der Waals surface area contributed by atoms with Gasteiger partial charge in [-0.25, -0.2) is 0 Å². The number of hydrogen-bond acceptors (Lipinski definition) is 3. The van der Waals surface area contributed by atoms with Crippen molar-refractivity contribution in [3.63, 3.8) is 0 Å². The van der Waals surface area contributed by atoms with Gasteiger partial charge in [0.2, 0.25) is 0 Å². The summed E-state index contributed by atoms with van der Waals surface area (Å²) in [4.78, 5) is 0. The Hall–Kier alpha value is -0.120. The molecule has 1 aliphatic heterocycles. The van der Waals surface area contributed by atoms with Crippen LogP contribution in [0.2, 0.25) is 0 Å². The lowest BCUT2D eigenvalue weighted by atomic mass is 10.0. The molecule has 3 nitrogen and oxygen atoms in total. The molecule has 2 fully saturated rings. The Morgan fingerprint density at radius 2 is 1.68 bits per heavy atom. The van der Waals surface area contributed by atoms with Crippen molar-refractivity contribution in [1.29, 1.82) is 0 Å². The maximum Gasteiger partial charge on any atom is 0.0624 e. The highest BCUT2D eigenvalue weighted by molar-refractivity contribution is 4.80. The Morgan fingerprint density at radius 3 is 2.37 bits per heavy atom. The second-order valence-corrected chi connectivity index (χ2v) is 6.36. The third-order valence-corrected chi connectivity index (χ3v) is 4.09. The average molecular weight is 269 g/mol. The van der Waals surface area contributed by atoms with Crippen molar-refractivity contribution in [2.45, 2.75) is 89.6 Å². The molecule has 3 heteroatoms. The second kappa shape index (κ2) is 8.23. The van der Waals surface area contributed by atoms with Gasteiger partial charge in [0, 0.05) is 12.6 Å². The highest BCUT2D eigenvalue weighted by Crippen LogP contribution is 2.22. The van der Waals surface area contributed by atoms with Gasteiger partial charge in [-0.05, 0) is 58.9 Å². The van der Waals surface area contributed by atoms with E-state index in [1.807, 2.05) is 0 Å². The average Bonchev–Trinajstić information content (AvgIpc) is 3.15. The summed E-state index contributed by atoms with van der Waals surface area (Å²) in [5.74, 6) is 0. The SMILES string of the molecule is CC1CC(OCCCCCCNC2CC2)CC(C)O1. The van der Waals surface area contributed by atoms with E-state index in [1.165, 1.54) is 45.1 Å². The number of unbranched alkanes of at least 4 members (excludes halogenated alkanes) is 3. The summed E-state index contributed by atoms with van der Waals surface area (Å²) >= 11 is 0. The van der Waals surface area contributed by atoms with Crippen LogP contribution in [0.15, 0.2) is 0 Å². The van der Waals surface area contributed by atoms with Gasteiger partial charge in [0.15, 0.2) is 0 Å². The highest BCUT2D eigenvalue weighted by Gasteiger charge is 2.24. The van der Waals surface area contributed by atoms with Crippen LogP contribution in [-0.4, -0.2) is 37.5 Å². The fraction of sp³-hybridized carbons (Fsp3) is 1.00. The zero-order valence-corrected chi connectivity index (χ0v) is 12.7. The molecule has 0 amide bonds. The van der Waals surface area contributed by atoms with Crippen LogP contribution >= 0.6 is 0 Å². The van der Waals surface area contributed by atoms with Gasteiger partial charge in [0.1, 0.15) is 0 Å². The normalized spacial score (nSPS) is 31.6. The van der Waals surface area contributed by atoms with Crippen molar-refractivity contribution in [2.75, 3.05) is 13.2 Å². The topological polar surface area (TPSA) is 30.5 Å². The fourth-order valence-electron chi connectivity index (χ4n) is 2.90. The van der Waals surface area contributed by atoms with Crippen molar-refractivity contribution in [1.82, 2.24) is 5.32 Å². The van der Waals surface area contributed by atoms with E-state index in [0.717, 1.165) is 25.5 Å². The molecule has 0 bridgehead atoms. The molecule has 2 rings (SSSR count). The summed E-state index contributed by atoms with van der Waals surface area (Å²) in [6, 6.07) is 0.862. The first-order valence-corrected chi connectivity index (χ1v) is 8.24. The molecule has 2 aliphatic rings. The van der Waals surface area contributed by atoms with E-state index in [9.17, 15) is 0 Å². The molecule has 0 spiro atoms.